The first-order chi connectivity index (χ1) is 8.08. The smallest absolute Gasteiger partial charge is 0.228 e. The molecule has 1 aliphatic rings. The second kappa shape index (κ2) is 5.50. The molecule has 0 saturated carbocycles. The molecule has 0 aliphatic carbocycles. The number of aryl methyl sites for hydroxylation is 1. The third kappa shape index (κ3) is 3.09. The lowest BCUT2D eigenvalue weighted by molar-refractivity contribution is -0.119. The number of rotatable bonds is 2. The zero-order chi connectivity index (χ0) is 12.4. The Morgan fingerprint density at radius 1 is 1.41 bits per heavy atom. The SMILES string of the molecule is Cc1cc(Br)c(NC(=O)C2CCNC2)c(Br)c1. The summed E-state index contributed by atoms with van der Waals surface area (Å²) in [7, 11) is 0. The van der Waals surface area contributed by atoms with Gasteiger partial charge in [0.2, 0.25) is 5.91 Å². The van der Waals surface area contributed by atoms with Crippen LogP contribution in [0.25, 0.3) is 0 Å². The summed E-state index contributed by atoms with van der Waals surface area (Å²) >= 11 is 6.95. The van der Waals surface area contributed by atoms with Crippen LogP contribution in [0, 0.1) is 12.8 Å². The van der Waals surface area contributed by atoms with Crippen molar-refractivity contribution in [1.29, 1.82) is 0 Å². The highest BCUT2D eigenvalue weighted by Gasteiger charge is 2.23. The predicted octanol–water partition coefficient (Wildman–Crippen LogP) is 3.07. The average molecular weight is 362 g/mol. The zero-order valence-electron chi connectivity index (χ0n) is 9.52. The minimum Gasteiger partial charge on any atom is -0.324 e. The Labute approximate surface area is 118 Å². The third-order valence-corrected chi connectivity index (χ3v) is 4.12. The molecule has 0 bridgehead atoms. The van der Waals surface area contributed by atoms with E-state index in [9.17, 15) is 4.79 Å². The molecule has 2 rings (SSSR count). The molecule has 1 amide bonds. The summed E-state index contributed by atoms with van der Waals surface area (Å²) in [6.45, 7) is 3.71. The van der Waals surface area contributed by atoms with Crippen LogP contribution in [0.3, 0.4) is 0 Å². The molecule has 1 saturated heterocycles. The summed E-state index contributed by atoms with van der Waals surface area (Å²) in [5, 5.41) is 6.17. The minimum atomic E-state index is 0.0788. The van der Waals surface area contributed by atoms with Gasteiger partial charge in [0.25, 0.3) is 0 Å². The highest BCUT2D eigenvalue weighted by Crippen LogP contribution is 2.32. The normalized spacial score (nSPS) is 19.4. The van der Waals surface area contributed by atoms with Gasteiger partial charge in [0, 0.05) is 15.5 Å². The Morgan fingerprint density at radius 3 is 2.59 bits per heavy atom. The minimum absolute atomic E-state index is 0.0788. The van der Waals surface area contributed by atoms with Crippen LogP contribution in [-0.2, 0) is 4.79 Å². The molecule has 1 aliphatic heterocycles. The van der Waals surface area contributed by atoms with Crippen LogP contribution in [0.5, 0.6) is 0 Å². The van der Waals surface area contributed by atoms with Crippen LogP contribution < -0.4 is 10.6 Å². The van der Waals surface area contributed by atoms with Gasteiger partial charge >= 0.3 is 0 Å². The van der Waals surface area contributed by atoms with Crippen LogP contribution in [0.1, 0.15) is 12.0 Å². The summed E-state index contributed by atoms with van der Waals surface area (Å²) in [5.74, 6) is 0.162. The largest absolute Gasteiger partial charge is 0.324 e. The number of amides is 1. The van der Waals surface area contributed by atoms with Gasteiger partial charge in [-0.3, -0.25) is 4.79 Å². The van der Waals surface area contributed by atoms with Gasteiger partial charge in [-0.1, -0.05) is 0 Å². The maximum absolute atomic E-state index is 12.0. The topological polar surface area (TPSA) is 41.1 Å². The third-order valence-electron chi connectivity index (χ3n) is 2.87. The summed E-state index contributed by atoms with van der Waals surface area (Å²) in [4.78, 5) is 12.0. The van der Waals surface area contributed by atoms with Crippen molar-refractivity contribution in [3.8, 4) is 0 Å². The molecule has 17 heavy (non-hydrogen) atoms. The van der Waals surface area contributed by atoms with E-state index in [0.717, 1.165) is 39.7 Å². The van der Waals surface area contributed by atoms with E-state index in [1.807, 2.05) is 19.1 Å². The molecule has 92 valence electrons. The Morgan fingerprint density at radius 2 is 2.06 bits per heavy atom. The van der Waals surface area contributed by atoms with Gasteiger partial charge < -0.3 is 10.6 Å². The monoisotopic (exact) mass is 360 g/mol. The van der Waals surface area contributed by atoms with Gasteiger partial charge in [-0.25, -0.2) is 0 Å². The summed E-state index contributed by atoms with van der Waals surface area (Å²) in [6, 6.07) is 3.99. The average Bonchev–Trinajstić information content (AvgIpc) is 2.76. The first-order valence-corrected chi connectivity index (χ1v) is 7.14. The van der Waals surface area contributed by atoms with Gasteiger partial charge in [0.1, 0.15) is 0 Å². The fraction of sp³-hybridized carbons (Fsp3) is 0.417. The van der Waals surface area contributed by atoms with Crippen LogP contribution >= 0.6 is 31.9 Å². The molecule has 0 spiro atoms. The summed E-state index contributed by atoms with van der Waals surface area (Å²) in [5.41, 5.74) is 1.96. The highest BCUT2D eigenvalue weighted by molar-refractivity contribution is 9.11. The molecule has 1 fully saturated rings. The van der Waals surface area contributed by atoms with E-state index in [-0.39, 0.29) is 11.8 Å². The number of carbonyl (C=O) groups excluding carboxylic acids is 1. The van der Waals surface area contributed by atoms with Crippen LogP contribution in [0.4, 0.5) is 5.69 Å². The fourth-order valence-electron chi connectivity index (χ4n) is 1.92. The van der Waals surface area contributed by atoms with Crippen molar-refractivity contribution < 1.29 is 4.79 Å². The number of hydrogen-bond acceptors (Lipinski definition) is 2. The molecule has 5 heteroatoms. The fourth-order valence-corrected chi connectivity index (χ4v) is 3.54. The highest BCUT2D eigenvalue weighted by atomic mass is 79.9. The van der Waals surface area contributed by atoms with E-state index in [1.165, 1.54) is 0 Å². The summed E-state index contributed by atoms with van der Waals surface area (Å²) in [6.07, 6.45) is 0.910. The van der Waals surface area contributed by atoms with Crippen LogP contribution in [0.15, 0.2) is 21.1 Å². The lowest BCUT2D eigenvalue weighted by Gasteiger charge is -2.13. The molecule has 3 nitrogen and oxygen atoms in total. The number of anilines is 1. The Kier molecular flexibility index (Phi) is 4.22. The zero-order valence-corrected chi connectivity index (χ0v) is 12.7. The molecule has 1 aromatic carbocycles. The van der Waals surface area contributed by atoms with Crippen LogP contribution in [0.2, 0.25) is 0 Å². The van der Waals surface area contributed by atoms with E-state index in [1.54, 1.807) is 0 Å². The maximum Gasteiger partial charge on any atom is 0.228 e. The van der Waals surface area contributed by atoms with Crippen molar-refractivity contribution in [2.24, 2.45) is 5.92 Å². The first-order valence-electron chi connectivity index (χ1n) is 5.55. The van der Waals surface area contributed by atoms with E-state index < -0.39 is 0 Å². The number of halogens is 2. The Bertz CT molecular complexity index is 419. The Hall–Kier alpha value is -0.390. The summed E-state index contributed by atoms with van der Waals surface area (Å²) < 4.78 is 1.81. The van der Waals surface area contributed by atoms with Crippen molar-refractivity contribution >= 4 is 43.5 Å². The molecule has 0 aromatic heterocycles. The van der Waals surface area contributed by atoms with Gasteiger partial charge in [-0.15, -0.1) is 0 Å². The lowest BCUT2D eigenvalue weighted by atomic mass is 10.1. The second-order valence-corrected chi connectivity index (χ2v) is 5.99. The number of nitrogens with one attached hydrogen (secondary N) is 2. The van der Waals surface area contributed by atoms with Crippen LogP contribution in [-0.4, -0.2) is 19.0 Å². The molecule has 1 atom stereocenters. The van der Waals surface area contributed by atoms with E-state index in [4.69, 9.17) is 0 Å². The predicted molar refractivity (Wildman–Crippen MR) is 76.2 cm³/mol. The van der Waals surface area contributed by atoms with Gasteiger partial charge in [0.15, 0.2) is 0 Å². The number of benzene rings is 1. The van der Waals surface area contributed by atoms with Crippen molar-refractivity contribution in [2.75, 3.05) is 18.4 Å². The molecular formula is C12H14Br2N2O. The van der Waals surface area contributed by atoms with Gasteiger partial charge in [-0.05, 0) is 69.4 Å². The first kappa shape index (κ1) is 13.1. The van der Waals surface area contributed by atoms with Gasteiger partial charge in [0.05, 0.1) is 11.6 Å². The second-order valence-electron chi connectivity index (χ2n) is 4.28. The number of carbonyl (C=O) groups is 1. The molecular weight excluding hydrogens is 348 g/mol. The van der Waals surface area contributed by atoms with Crippen molar-refractivity contribution in [1.82, 2.24) is 5.32 Å². The van der Waals surface area contributed by atoms with Gasteiger partial charge in [-0.2, -0.15) is 0 Å². The lowest BCUT2D eigenvalue weighted by Crippen LogP contribution is -2.25. The molecule has 0 radical (unpaired) electrons. The molecule has 1 heterocycles. The Balaban J connectivity index is 2.15. The molecule has 1 aromatic rings. The van der Waals surface area contributed by atoms with Crippen molar-refractivity contribution in [2.45, 2.75) is 13.3 Å². The van der Waals surface area contributed by atoms with E-state index in [2.05, 4.69) is 42.5 Å². The van der Waals surface area contributed by atoms with Crippen molar-refractivity contribution in [3.05, 3.63) is 26.6 Å². The molecule has 2 N–H and O–H groups in total. The molecule has 1 unspecified atom stereocenters. The van der Waals surface area contributed by atoms with E-state index in [0.29, 0.717) is 0 Å². The standard InChI is InChI=1S/C12H14Br2N2O/c1-7-4-9(13)11(10(14)5-7)16-12(17)8-2-3-15-6-8/h4-5,8,15H,2-3,6H2,1H3,(H,16,17). The van der Waals surface area contributed by atoms with Crippen molar-refractivity contribution in [3.63, 3.8) is 0 Å². The number of hydrogen-bond donors (Lipinski definition) is 2. The van der Waals surface area contributed by atoms with E-state index >= 15 is 0 Å². The maximum atomic E-state index is 12.0. The quantitative estimate of drug-likeness (QED) is 0.849.